The second kappa shape index (κ2) is 6.63. The summed E-state index contributed by atoms with van der Waals surface area (Å²) in [5, 5.41) is 20.0. The molecule has 1 aromatic heterocycles. The summed E-state index contributed by atoms with van der Waals surface area (Å²) in [6, 6.07) is 13.7. The molecule has 2 heterocycles. The lowest BCUT2D eigenvalue weighted by atomic mass is 9.90. The number of ether oxygens (including phenoxy) is 1. The first-order chi connectivity index (χ1) is 12.2. The fourth-order valence-corrected chi connectivity index (χ4v) is 2.66. The van der Waals surface area contributed by atoms with Gasteiger partial charge in [-0.3, -0.25) is 0 Å². The van der Waals surface area contributed by atoms with Gasteiger partial charge in [0.1, 0.15) is 19.1 Å². The van der Waals surface area contributed by atoms with E-state index in [1.807, 2.05) is 12.1 Å². The van der Waals surface area contributed by atoms with Gasteiger partial charge in [-0.2, -0.15) is 5.26 Å². The molecule has 25 heavy (non-hydrogen) atoms. The van der Waals surface area contributed by atoms with Gasteiger partial charge in [-0.25, -0.2) is 14.2 Å². The van der Waals surface area contributed by atoms with Crippen LogP contribution in [0.15, 0.2) is 53.8 Å². The zero-order chi connectivity index (χ0) is 17.9. The van der Waals surface area contributed by atoms with Gasteiger partial charge in [0.15, 0.2) is 11.6 Å². The van der Waals surface area contributed by atoms with Crippen molar-refractivity contribution in [3.8, 4) is 11.8 Å². The number of fused-ring (bicyclic) bond motifs is 1. The van der Waals surface area contributed by atoms with Crippen molar-refractivity contribution in [3.05, 3.63) is 65.5 Å². The minimum Gasteiger partial charge on any atom is -0.477 e. The number of hydrogen-bond acceptors (Lipinski definition) is 4. The van der Waals surface area contributed by atoms with Crippen LogP contribution in [0.25, 0.3) is 5.57 Å². The first kappa shape index (κ1) is 16.5. The molecule has 1 N–H and O–H groups in total. The second-order valence-corrected chi connectivity index (χ2v) is 5.46. The van der Waals surface area contributed by atoms with Gasteiger partial charge in [-0.1, -0.05) is 0 Å². The summed E-state index contributed by atoms with van der Waals surface area (Å²) in [6.45, 7) is -2.10. The first-order valence-corrected chi connectivity index (χ1v) is 7.38. The van der Waals surface area contributed by atoms with Crippen LogP contribution in [-0.4, -0.2) is 25.0 Å². The molecule has 1 aromatic carbocycles. The van der Waals surface area contributed by atoms with E-state index in [1.54, 1.807) is 30.5 Å². The third kappa shape index (κ3) is 2.91. The summed E-state index contributed by atoms with van der Waals surface area (Å²) in [4.78, 5) is 0. The van der Waals surface area contributed by atoms with E-state index < -0.39 is 19.0 Å². The van der Waals surface area contributed by atoms with E-state index in [-0.39, 0.29) is 5.75 Å². The van der Waals surface area contributed by atoms with E-state index in [1.165, 1.54) is 22.9 Å². The highest BCUT2D eigenvalue weighted by Gasteiger charge is 2.38. The van der Waals surface area contributed by atoms with Crippen molar-refractivity contribution in [2.75, 3.05) is 13.3 Å². The van der Waals surface area contributed by atoms with Crippen molar-refractivity contribution in [3.63, 3.8) is 0 Å². The van der Waals surface area contributed by atoms with E-state index in [0.29, 0.717) is 22.4 Å². The van der Waals surface area contributed by atoms with E-state index in [2.05, 4.69) is 5.10 Å². The Labute approximate surface area is 142 Å². The summed E-state index contributed by atoms with van der Waals surface area (Å²) < 4.78 is 34.1. The normalized spacial score (nSPS) is 14.4. The van der Waals surface area contributed by atoms with Crippen molar-refractivity contribution >= 4 is 11.6 Å². The largest absolute Gasteiger partial charge is 0.477 e. The zero-order valence-corrected chi connectivity index (χ0v) is 13.0. The number of nitriles is 1. The maximum absolute atomic E-state index is 13.6. The summed E-state index contributed by atoms with van der Waals surface area (Å²) in [6.07, 6.45) is 2.95. The molecule has 0 aliphatic carbocycles. The van der Waals surface area contributed by atoms with Gasteiger partial charge in [0.25, 0.3) is 0 Å². The molecule has 5 nitrogen and oxygen atoms in total. The molecule has 0 unspecified atom stereocenters. The predicted octanol–water partition coefficient (Wildman–Crippen LogP) is 2.86. The Morgan fingerprint density at radius 1 is 1.24 bits per heavy atom. The summed E-state index contributed by atoms with van der Waals surface area (Å²) in [5.74, 6) is 0.279. The van der Waals surface area contributed by atoms with Crippen LogP contribution in [-0.2, 0) is 0 Å². The number of aromatic nitrogens is 1. The molecule has 0 atom stereocenters. The molecule has 0 spiro atoms. The van der Waals surface area contributed by atoms with Crippen molar-refractivity contribution in [2.24, 2.45) is 5.10 Å². The standard InChI is InChI=1S/C18H13F2N4O/c19-10-18(11-20)8-15(16-3-1-2-6-24(16)23-12-22)14-7-13(9-21)4-5-17(14)25-18/h1-8,22H,10-11H2/q+1. The van der Waals surface area contributed by atoms with Gasteiger partial charge >= 0.3 is 0 Å². The number of benzene rings is 1. The smallest absolute Gasteiger partial charge is 0.246 e. The Bertz CT molecular complexity index is 938. The molecule has 0 bridgehead atoms. The molecule has 124 valence electrons. The predicted molar refractivity (Wildman–Crippen MR) is 85.7 cm³/mol. The van der Waals surface area contributed by atoms with Crippen molar-refractivity contribution in [2.45, 2.75) is 5.60 Å². The van der Waals surface area contributed by atoms with Gasteiger partial charge in [0.05, 0.1) is 22.3 Å². The third-order valence-electron chi connectivity index (χ3n) is 3.84. The van der Waals surface area contributed by atoms with Crippen LogP contribution in [0.2, 0.25) is 0 Å². The molecule has 3 rings (SSSR count). The SMILES string of the molecule is N#Cc1ccc2c(c1)C(c1cccc[n+]1N=C=N)=CC(CF)(CF)O2. The first-order valence-electron chi connectivity index (χ1n) is 7.38. The highest BCUT2D eigenvalue weighted by Crippen LogP contribution is 2.39. The Morgan fingerprint density at radius 2 is 2.04 bits per heavy atom. The van der Waals surface area contributed by atoms with Crippen LogP contribution in [0.5, 0.6) is 5.75 Å². The van der Waals surface area contributed by atoms with Gasteiger partial charge in [-0.15, -0.1) is 0 Å². The lowest BCUT2D eigenvalue weighted by Crippen LogP contribution is -2.42. The Morgan fingerprint density at radius 3 is 2.72 bits per heavy atom. The Balaban J connectivity index is 2.30. The molecule has 0 radical (unpaired) electrons. The van der Waals surface area contributed by atoms with E-state index in [4.69, 9.17) is 15.4 Å². The second-order valence-electron chi connectivity index (χ2n) is 5.46. The molecule has 0 amide bonds. The van der Waals surface area contributed by atoms with Crippen LogP contribution in [0, 0.1) is 16.7 Å². The topological polar surface area (TPSA) is 73.1 Å². The van der Waals surface area contributed by atoms with Gasteiger partial charge in [0.2, 0.25) is 11.9 Å². The van der Waals surface area contributed by atoms with Crippen molar-refractivity contribution in [1.29, 1.82) is 10.7 Å². The highest BCUT2D eigenvalue weighted by atomic mass is 19.1. The number of rotatable bonds is 4. The molecule has 0 saturated carbocycles. The molecule has 7 heteroatoms. The summed E-state index contributed by atoms with van der Waals surface area (Å²) >= 11 is 0. The number of halogens is 2. The fraction of sp³-hybridized carbons (Fsp3) is 0.167. The minimum absolute atomic E-state index is 0.279. The van der Waals surface area contributed by atoms with Crippen LogP contribution < -0.4 is 9.41 Å². The average molecular weight is 339 g/mol. The molecule has 1 aliphatic rings. The van der Waals surface area contributed by atoms with Crippen LogP contribution in [0.3, 0.4) is 0 Å². The number of nitrogens with one attached hydrogen (secondary N) is 1. The number of pyridine rings is 1. The number of nitrogens with zero attached hydrogens (tertiary/aromatic N) is 3. The van der Waals surface area contributed by atoms with Gasteiger partial charge in [-0.05, 0) is 35.0 Å². The molecule has 2 aromatic rings. The highest BCUT2D eigenvalue weighted by molar-refractivity contribution is 5.83. The van der Waals surface area contributed by atoms with Crippen LogP contribution in [0.4, 0.5) is 8.78 Å². The summed E-state index contributed by atoms with van der Waals surface area (Å²) in [7, 11) is 0. The Kier molecular flexibility index (Phi) is 4.38. The Hall–Kier alpha value is -3.36. The van der Waals surface area contributed by atoms with Gasteiger partial charge < -0.3 is 4.74 Å². The van der Waals surface area contributed by atoms with E-state index in [9.17, 15) is 8.78 Å². The monoisotopic (exact) mass is 339 g/mol. The van der Waals surface area contributed by atoms with E-state index >= 15 is 0 Å². The number of alkyl halides is 2. The fourth-order valence-electron chi connectivity index (χ4n) is 2.66. The maximum Gasteiger partial charge on any atom is 0.246 e. The lowest BCUT2D eigenvalue weighted by Gasteiger charge is -2.32. The zero-order valence-electron chi connectivity index (χ0n) is 13.0. The van der Waals surface area contributed by atoms with Gasteiger partial charge in [0, 0.05) is 17.7 Å². The minimum atomic E-state index is -1.74. The quantitative estimate of drug-likeness (QED) is 0.687. The summed E-state index contributed by atoms with van der Waals surface area (Å²) in [5.41, 5.74) is 0.135. The van der Waals surface area contributed by atoms with E-state index in [0.717, 1.165) is 0 Å². The molecule has 0 fully saturated rings. The lowest BCUT2D eigenvalue weighted by molar-refractivity contribution is -0.680. The van der Waals surface area contributed by atoms with Crippen molar-refractivity contribution < 1.29 is 18.2 Å². The average Bonchev–Trinajstić information content (AvgIpc) is 2.67. The maximum atomic E-state index is 13.6. The van der Waals surface area contributed by atoms with Crippen molar-refractivity contribution in [1.82, 2.24) is 0 Å². The van der Waals surface area contributed by atoms with Crippen LogP contribution >= 0.6 is 0 Å². The molecular formula is C18H13F2N4O+. The molecule has 0 saturated heterocycles. The number of hydrogen-bond donors (Lipinski definition) is 1. The molecular weight excluding hydrogens is 326 g/mol. The third-order valence-corrected chi connectivity index (χ3v) is 3.84. The molecule has 1 aliphatic heterocycles. The van der Waals surface area contributed by atoms with Crippen LogP contribution in [0.1, 0.15) is 16.8 Å².